The van der Waals surface area contributed by atoms with Gasteiger partial charge in [-0.25, -0.2) is 4.68 Å². The smallest absolute Gasteiger partial charge is 0.191 e. The molecule has 4 nitrogen and oxygen atoms in total. The molecule has 0 saturated heterocycles. The van der Waals surface area contributed by atoms with Crippen molar-refractivity contribution in [3.63, 3.8) is 0 Å². The standard InChI is InChI=1S/C20H20N4/c1-3-4-8-16-10-12-17(13-11-16)24-20(19(14-21)22-23-24)18-9-6-5-7-15(18)2/h5-7,9-13H,3-4,8H2,1-2H3. The first-order valence-electron chi connectivity index (χ1n) is 8.25. The van der Waals surface area contributed by atoms with Crippen LogP contribution in [-0.2, 0) is 6.42 Å². The lowest BCUT2D eigenvalue weighted by molar-refractivity contribution is 0.789. The average molecular weight is 316 g/mol. The Kier molecular flexibility index (Phi) is 4.72. The molecule has 120 valence electrons. The second-order valence-corrected chi connectivity index (χ2v) is 5.90. The van der Waals surface area contributed by atoms with Crippen LogP contribution in [0.2, 0.25) is 0 Å². The number of aromatic nitrogens is 3. The van der Waals surface area contributed by atoms with E-state index >= 15 is 0 Å². The zero-order chi connectivity index (χ0) is 16.9. The zero-order valence-corrected chi connectivity index (χ0v) is 14.0. The van der Waals surface area contributed by atoms with E-state index in [0.717, 1.165) is 28.9 Å². The molecule has 0 aliphatic heterocycles. The Labute approximate surface area is 142 Å². The number of nitriles is 1. The third kappa shape index (κ3) is 3.07. The van der Waals surface area contributed by atoms with Gasteiger partial charge < -0.3 is 0 Å². The summed E-state index contributed by atoms with van der Waals surface area (Å²) >= 11 is 0. The molecule has 1 aromatic heterocycles. The summed E-state index contributed by atoms with van der Waals surface area (Å²) in [5, 5.41) is 17.7. The van der Waals surface area contributed by atoms with E-state index in [1.54, 1.807) is 4.68 Å². The SMILES string of the molecule is CCCCc1ccc(-n2nnc(C#N)c2-c2ccccc2C)cc1. The quantitative estimate of drug-likeness (QED) is 0.698. The predicted molar refractivity (Wildman–Crippen MR) is 94.9 cm³/mol. The topological polar surface area (TPSA) is 54.5 Å². The number of nitrogens with zero attached hydrogens (tertiary/aromatic N) is 4. The largest absolute Gasteiger partial charge is 0.211 e. The molecule has 2 aromatic carbocycles. The maximum atomic E-state index is 9.41. The molecule has 0 saturated carbocycles. The maximum absolute atomic E-state index is 9.41. The molecule has 1 heterocycles. The number of benzene rings is 2. The Morgan fingerprint density at radius 3 is 2.50 bits per heavy atom. The van der Waals surface area contributed by atoms with Crippen molar-refractivity contribution in [2.75, 3.05) is 0 Å². The van der Waals surface area contributed by atoms with E-state index in [4.69, 9.17) is 0 Å². The van der Waals surface area contributed by atoms with Crippen LogP contribution in [0.15, 0.2) is 48.5 Å². The van der Waals surface area contributed by atoms with Crippen molar-refractivity contribution < 1.29 is 0 Å². The van der Waals surface area contributed by atoms with Gasteiger partial charge in [-0.2, -0.15) is 5.26 Å². The summed E-state index contributed by atoms with van der Waals surface area (Å²) in [6.07, 6.45) is 3.46. The summed E-state index contributed by atoms with van der Waals surface area (Å²) in [4.78, 5) is 0. The Hall–Kier alpha value is -2.93. The van der Waals surface area contributed by atoms with E-state index in [2.05, 4.69) is 35.4 Å². The summed E-state index contributed by atoms with van der Waals surface area (Å²) < 4.78 is 1.75. The van der Waals surface area contributed by atoms with Crippen molar-refractivity contribution in [2.45, 2.75) is 33.1 Å². The van der Waals surface area contributed by atoms with Crippen molar-refractivity contribution in [3.8, 4) is 23.0 Å². The van der Waals surface area contributed by atoms with E-state index in [-0.39, 0.29) is 0 Å². The first-order chi connectivity index (χ1) is 11.7. The first kappa shape index (κ1) is 15.9. The minimum absolute atomic E-state index is 0.347. The Balaban J connectivity index is 2.05. The second-order valence-electron chi connectivity index (χ2n) is 5.90. The fourth-order valence-corrected chi connectivity index (χ4v) is 2.80. The van der Waals surface area contributed by atoms with Gasteiger partial charge in [-0.05, 0) is 43.0 Å². The molecule has 24 heavy (non-hydrogen) atoms. The monoisotopic (exact) mass is 316 g/mol. The molecule has 4 heteroatoms. The van der Waals surface area contributed by atoms with E-state index < -0.39 is 0 Å². The molecule has 0 radical (unpaired) electrons. The predicted octanol–water partition coefficient (Wildman–Crippen LogP) is 4.46. The highest BCUT2D eigenvalue weighted by Crippen LogP contribution is 2.27. The summed E-state index contributed by atoms with van der Waals surface area (Å²) in [6.45, 7) is 4.23. The molecule has 0 atom stereocenters. The van der Waals surface area contributed by atoms with E-state index in [1.807, 2.05) is 43.3 Å². The fraction of sp³-hybridized carbons (Fsp3) is 0.250. The van der Waals surface area contributed by atoms with Crippen molar-refractivity contribution in [1.29, 1.82) is 5.26 Å². The van der Waals surface area contributed by atoms with Gasteiger partial charge in [-0.1, -0.05) is 55.0 Å². The van der Waals surface area contributed by atoms with Crippen LogP contribution < -0.4 is 0 Å². The molecular weight excluding hydrogens is 296 g/mol. The number of hydrogen-bond acceptors (Lipinski definition) is 3. The van der Waals surface area contributed by atoms with Crippen molar-refractivity contribution in [2.24, 2.45) is 0 Å². The van der Waals surface area contributed by atoms with Crippen molar-refractivity contribution in [1.82, 2.24) is 15.0 Å². The van der Waals surface area contributed by atoms with Crippen LogP contribution >= 0.6 is 0 Å². The molecule has 3 aromatic rings. The van der Waals surface area contributed by atoms with Crippen LogP contribution in [0.3, 0.4) is 0 Å². The van der Waals surface area contributed by atoms with E-state index in [9.17, 15) is 5.26 Å². The van der Waals surface area contributed by atoms with Crippen LogP contribution in [0.25, 0.3) is 16.9 Å². The summed E-state index contributed by atoms with van der Waals surface area (Å²) in [6, 6.07) is 18.5. The summed E-state index contributed by atoms with van der Waals surface area (Å²) in [5.74, 6) is 0. The maximum Gasteiger partial charge on any atom is 0.191 e. The van der Waals surface area contributed by atoms with Gasteiger partial charge in [0.1, 0.15) is 11.8 Å². The molecule has 0 bridgehead atoms. The van der Waals surface area contributed by atoms with Gasteiger partial charge >= 0.3 is 0 Å². The zero-order valence-electron chi connectivity index (χ0n) is 14.0. The minimum atomic E-state index is 0.347. The summed E-state index contributed by atoms with van der Waals surface area (Å²) in [7, 11) is 0. The lowest BCUT2D eigenvalue weighted by atomic mass is 10.0. The molecule has 0 aliphatic carbocycles. The minimum Gasteiger partial charge on any atom is -0.211 e. The van der Waals surface area contributed by atoms with Crippen LogP contribution in [0.4, 0.5) is 0 Å². The van der Waals surface area contributed by atoms with Crippen LogP contribution in [0, 0.1) is 18.3 Å². The van der Waals surface area contributed by atoms with Gasteiger partial charge in [0.15, 0.2) is 5.69 Å². The van der Waals surface area contributed by atoms with Crippen LogP contribution in [0.5, 0.6) is 0 Å². The van der Waals surface area contributed by atoms with Crippen molar-refractivity contribution >= 4 is 0 Å². The first-order valence-corrected chi connectivity index (χ1v) is 8.25. The highest BCUT2D eigenvalue weighted by molar-refractivity contribution is 5.70. The third-order valence-electron chi connectivity index (χ3n) is 4.18. The normalized spacial score (nSPS) is 10.5. The third-order valence-corrected chi connectivity index (χ3v) is 4.18. The Bertz CT molecular complexity index is 869. The number of rotatable bonds is 5. The van der Waals surface area contributed by atoms with Gasteiger partial charge in [0, 0.05) is 5.56 Å². The molecule has 0 N–H and O–H groups in total. The van der Waals surface area contributed by atoms with Crippen LogP contribution in [0.1, 0.15) is 36.6 Å². The number of unbranched alkanes of at least 4 members (excludes halogenated alkanes) is 1. The molecule has 0 fully saturated rings. The Morgan fingerprint density at radius 2 is 1.83 bits per heavy atom. The molecule has 3 rings (SSSR count). The molecular formula is C20H20N4. The highest BCUT2D eigenvalue weighted by atomic mass is 15.4. The highest BCUT2D eigenvalue weighted by Gasteiger charge is 2.17. The lowest BCUT2D eigenvalue weighted by Crippen LogP contribution is -2.01. The molecule has 0 aliphatic rings. The lowest BCUT2D eigenvalue weighted by Gasteiger charge is -2.10. The van der Waals surface area contributed by atoms with E-state index in [0.29, 0.717) is 5.69 Å². The van der Waals surface area contributed by atoms with Gasteiger partial charge in [-0.15, -0.1) is 5.10 Å². The van der Waals surface area contributed by atoms with Gasteiger partial charge in [0.2, 0.25) is 0 Å². The molecule has 0 spiro atoms. The number of hydrogen-bond donors (Lipinski definition) is 0. The van der Waals surface area contributed by atoms with Gasteiger partial charge in [-0.3, -0.25) is 0 Å². The molecule has 0 amide bonds. The summed E-state index contributed by atoms with van der Waals surface area (Å²) in [5.41, 5.74) is 5.41. The van der Waals surface area contributed by atoms with E-state index in [1.165, 1.54) is 18.4 Å². The van der Waals surface area contributed by atoms with Gasteiger partial charge in [0.25, 0.3) is 0 Å². The van der Waals surface area contributed by atoms with Crippen molar-refractivity contribution in [3.05, 3.63) is 65.4 Å². The molecule has 0 unspecified atom stereocenters. The second kappa shape index (κ2) is 7.10. The van der Waals surface area contributed by atoms with Gasteiger partial charge in [0.05, 0.1) is 5.69 Å². The van der Waals surface area contributed by atoms with Crippen LogP contribution in [-0.4, -0.2) is 15.0 Å². The average Bonchev–Trinajstić information content (AvgIpc) is 3.04. The fourth-order valence-electron chi connectivity index (χ4n) is 2.80. The number of aryl methyl sites for hydroxylation is 2. The Morgan fingerprint density at radius 1 is 1.08 bits per heavy atom.